The van der Waals surface area contributed by atoms with Crippen molar-refractivity contribution >= 4 is 33.6 Å². The fourth-order valence-corrected chi connectivity index (χ4v) is 2.65. The maximum Gasteiger partial charge on any atom is 0.239 e. The van der Waals surface area contributed by atoms with Crippen LogP contribution in [0.25, 0.3) is 0 Å². The average Bonchev–Trinajstić information content (AvgIpc) is 2.34. The molecule has 2 atom stereocenters. The summed E-state index contributed by atoms with van der Waals surface area (Å²) in [6, 6.07) is 3.89. The van der Waals surface area contributed by atoms with Gasteiger partial charge in [-0.25, -0.2) is 4.39 Å². The van der Waals surface area contributed by atoms with Crippen molar-refractivity contribution in [1.82, 2.24) is 5.32 Å². The summed E-state index contributed by atoms with van der Waals surface area (Å²) in [6.45, 7) is 1.96. The van der Waals surface area contributed by atoms with Crippen molar-refractivity contribution in [1.29, 1.82) is 0 Å². The second kappa shape index (κ2) is 7.87. The zero-order valence-corrected chi connectivity index (χ0v) is 13.4. The standard InChI is InChI=1S/C13H18BrFN2OS/c1-8(5-6-19-2)17-12(13(16)18)10-4-3-9(14)7-11(10)15/h3-4,7-8,12,17H,5-6H2,1-2H3,(H2,16,18). The molecule has 1 rings (SSSR count). The van der Waals surface area contributed by atoms with Crippen LogP contribution in [0.1, 0.15) is 24.9 Å². The molecule has 6 heteroatoms. The van der Waals surface area contributed by atoms with Gasteiger partial charge in [0, 0.05) is 16.1 Å². The minimum atomic E-state index is -0.801. The molecule has 0 heterocycles. The highest BCUT2D eigenvalue weighted by Crippen LogP contribution is 2.22. The molecule has 0 aromatic heterocycles. The van der Waals surface area contributed by atoms with Gasteiger partial charge in [-0.15, -0.1) is 0 Å². The van der Waals surface area contributed by atoms with Crippen LogP contribution in [0.3, 0.4) is 0 Å². The molecular weight excluding hydrogens is 331 g/mol. The Balaban J connectivity index is 2.85. The average molecular weight is 349 g/mol. The highest BCUT2D eigenvalue weighted by atomic mass is 79.9. The van der Waals surface area contributed by atoms with Gasteiger partial charge < -0.3 is 5.73 Å². The fourth-order valence-electron chi connectivity index (χ4n) is 1.72. The van der Waals surface area contributed by atoms with E-state index in [2.05, 4.69) is 21.2 Å². The number of hydrogen-bond donors (Lipinski definition) is 2. The summed E-state index contributed by atoms with van der Waals surface area (Å²) in [5, 5.41) is 3.08. The predicted octanol–water partition coefficient (Wildman–Crippen LogP) is 2.85. The molecule has 0 aliphatic carbocycles. The third kappa shape index (κ3) is 5.12. The molecular formula is C13H18BrFN2OS. The van der Waals surface area contributed by atoms with Gasteiger partial charge in [0.25, 0.3) is 0 Å². The van der Waals surface area contributed by atoms with Crippen LogP contribution in [0.4, 0.5) is 4.39 Å². The molecule has 0 radical (unpaired) electrons. The van der Waals surface area contributed by atoms with Crippen LogP contribution in [-0.2, 0) is 4.79 Å². The molecule has 0 fully saturated rings. The normalized spacial score (nSPS) is 14.1. The molecule has 1 amide bonds. The Kier molecular flexibility index (Phi) is 6.82. The number of nitrogens with one attached hydrogen (secondary N) is 1. The molecule has 1 aromatic rings. The molecule has 0 saturated carbocycles. The minimum absolute atomic E-state index is 0.0907. The van der Waals surface area contributed by atoms with Crippen molar-refractivity contribution in [2.75, 3.05) is 12.0 Å². The van der Waals surface area contributed by atoms with Crippen LogP contribution in [0.15, 0.2) is 22.7 Å². The number of carbonyl (C=O) groups is 1. The van der Waals surface area contributed by atoms with Crippen molar-refractivity contribution in [2.24, 2.45) is 5.73 Å². The first kappa shape index (κ1) is 16.5. The first-order valence-corrected chi connectivity index (χ1v) is 8.13. The Labute approximate surface area is 125 Å². The number of carbonyl (C=O) groups excluding carboxylic acids is 1. The van der Waals surface area contributed by atoms with E-state index >= 15 is 0 Å². The number of rotatable bonds is 7. The van der Waals surface area contributed by atoms with Crippen LogP contribution in [0.5, 0.6) is 0 Å². The largest absolute Gasteiger partial charge is 0.368 e. The number of thioether (sulfide) groups is 1. The quantitative estimate of drug-likeness (QED) is 0.796. The monoisotopic (exact) mass is 348 g/mol. The number of amides is 1. The van der Waals surface area contributed by atoms with Gasteiger partial charge in [-0.1, -0.05) is 22.0 Å². The summed E-state index contributed by atoms with van der Waals surface area (Å²) in [5.74, 6) is -0.0392. The first-order chi connectivity index (χ1) is 8.95. The Hall–Kier alpha value is -0.590. The lowest BCUT2D eigenvalue weighted by molar-refractivity contribution is -0.120. The van der Waals surface area contributed by atoms with E-state index in [0.717, 1.165) is 12.2 Å². The van der Waals surface area contributed by atoms with Crippen molar-refractivity contribution in [3.63, 3.8) is 0 Å². The maximum absolute atomic E-state index is 13.9. The molecule has 3 N–H and O–H groups in total. The van der Waals surface area contributed by atoms with E-state index in [1.807, 2.05) is 13.2 Å². The van der Waals surface area contributed by atoms with Gasteiger partial charge in [0.2, 0.25) is 5.91 Å². The molecule has 0 spiro atoms. The van der Waals surface area contributed by atoms with Gasteiger partial charge in [-0.2, -0.15) is 11.8 Å². The van der Waals surface area contributed by atoms with Crippen LogP contribution >= 0.6 is 27.7 Å². The Bertz CT molecular complexity index is 445. The third-order valence-corrected chi connectivity index (χ3v) is 3.90. The maximum atomic E-state index is 13.9. The molecule has 106 valence electrons. The second-order valence-electron chi connectivity index (χ2n) is 4.35. The van der Waals surface area contributed by atoms with Crippen molar-refractivity contribution in [2.45, 2.75) is 25.4 Å². The molecule has 3 nitrogen and oxygen atoms in total. The molecule has 0 aliphatic heterocycles. The van der Waals surface area contributed by atoms with E-state index in [1.54, 1.807) is 23.9 Å². The van der Waals surface area contributed by atoms with Gasteiger partial charge in [0.15, 0.2) is 0 Å². The lowest BCUT2D eigenvalue weighted by Crippen LogP contribution is -2.39. The highest BCUT2D eigenvalue weighted by Gasteiger charge is 2.22. The van der Waals surface area contributed by atoms with Crippen molar-refractivity contribution < 1.29 is 9.18 Å². The van der Waals surface area contributed by atoms with E-state index in [-0.39, 0.29) is 11.6 Å². The number of benzene rings is 1. The van der Waals surface area contributed by atoms with Crippen LogP contribution in [-0.4, -0.2) is 24.0 Å². The molecule has 0 saturated heterocycles. The first-order valence-electron chi connectivity index (χ1n) is 5.95. The lowest BCUT2D eigenvalue weighted by Gasteiger charge is -2.21. The summed E-state index contributed by atoms with van der Waals surface area (Å²) < 4.78 is 14.5. The lowest BCUT2D eigenvalue weighted by atomic mass is 10.0. The van der Waals surface area contributed by atoms with E-state index in [4.69, 9.17) is 5.73 Å². The number of halogens is 2. The molecule has 2 unspecified atom stereocenters. The van der Waals surface area contributed by atoms with E-state index in [0.29, 0.717) is 4.47 Å². The Morgan fingerprint density at radius 3 is 2.79 bits per heavy atom. The summed E-state index contributed by atoms with van der Waals surface area (Å²) in [7, 11) is 0. The van der Waals surface area contributed by atoms with E-state index in [1.165, 1.54) is 6.07 Å². The summed E-state index contributed by atoms with van der Waals surface area (Å²) in [6.07, 6.45) is 2.91. The van der Waals surface area contributed by atoms with Crippen LogP contribution in [0.2, 0.25) is 0 Å². The highest BCUT2D eigenvalue weighted by molar-refractivity contribution is 9.10. The van der Waals surface area contributed by atoms with Gasteiger partial charge in [-0.05, 0) is 37.5 Å². The number of hydrogen-bond acceptors (Lipinski definition) is 3. The Morgan fingerprint density at radius 2 is 2.26 bits per heavy atom. The van der Waals surface area contributed by atoms with Crippen LogP contribution in [0, 0.1) is 5.82 Å². The van der Waals surface area contributed by atoms with Gasteiger partial charge in [0.05, 0.1) is 0 Å². The number of primary amides is 1. The Morgan fingerprint density at radius 1 is 1.58 bits per heavy atom. The van der Waals surface area contributed by atoms with Crippen molar-refractivity contribution in [3.05, 3.63) is 34.1 Å². The van der Waals surface area contributed by atoms with Crippen LogP contribution < -0.4 is 11.1 Å². The van der Waals surface area contributed by atoms with E-state index in [9.17, 15) is 9.18 Å². The summed E-state index contributed by atoms with van der Waals surface area (Å²) in [4.78, 5) is 11.5. The second-order valence-corrected chi connectivity index (χ2v) is 6.25. The zero-order valence-electron chi connectivity index (χ0n) is 11.0. The number of nitrogens with two attached hydrogens (primary N) is 1. The van der Waals surface area contributed by atoms with Gasteiger partial charge in [-0.3, -0.25) is 10.1 Å². The van der Waals surface area contributed by atoms with Crippen molar-refractivity contribution in [3.8, 4) is 0 Å². The molecule has 1 aromatic carbocycles. The predicted molar refractivity (Wildman–Crippen MR) is 81.6 cm³/mol. The van der Waals surface area contributed by atoms with Gasteiger partial charge >= 0.3 is 0 Å². The minimum Gasteiger partial charge on any atom is -0.368 e. The topological polar surface area (TPSA) is 55.1 Å². The summed E-state index contributed by atoms with van der Waals surface area (Å²) >= 11 is 4.92. The zero-order chi connectivity index (χ0) is 14.4. The molecule has 19 heavy (non-hydrogen) atoms. The van der Waals surface area contributed by atoms with Gasteiger partial charge in [0.1, 0.15) is 11.9 Å². The third-order valence-electron chi connectivity index (χ3n) is 2.76. The molecule has 0 aliphatic rings. The van der Waals surface area contributed by atoms with E-state index < -0.39 is 17.8 Å². The molecule has 0 bridgehead atoms. The SMILES string of the molecule is CSCCC(C)NC(C(N)=O)c1ccc(Br)cc1F. The summed E-state index contributed by atoms with van der Waals surface area (Å²) in [5.41, 5.74) is 5.65. The fraction of sp³-hybridized carbons (Fsp3) is 0.462. The smallest absolute Gasteiger partial charge is 0.239 e.